The van der Waals surface area contributed by atoms with Gasteiger partial charge < -0.3 is 4.40 Å². The van der Waals surface area contributed by atoms with Crippen LogP contribution in [0.4, 0.5) is 0 Å². The van der Waals surface area contributed by atoms with Gasteiger partial charge in [0.25, 0.3) is 5.56 Å². The summed E-state index contributed by atoms with van der Waals surface area (Å²) in [6, 6.07) is 24.1. The summed E-state index contributed by atoms with van der Waals surface area (Å²) in [7, 11) is 0. The molecule has 0 aliphatic carbocycles. The number of nitrogens with zero attached hydrogens (tertiary/aromatic N) is 3. The first-order valence-electron chi connectivity index (χ1n) is 8.88. The molecule has 0 spiro atoms. The fourth-order valence-corrected chi connectivity index (χ4v) is 3.42. The maximum Gasteiger partial charge on any atom is 0.261 e. The Bertz CT molecular complexity index is 1310. The number of rotatable bonds is 3. The number of pyridine rings is 1. The Hall–Kier alpha value is -3.66. The highest BCUT2D eigenvalue weighted by Gasteiger charge is 2.05. The molecule has 0 aliphatic heterocycles. The molecule has 4 heteroatoms. The minimum Gasteiger partial charge on any atom is -0.323 e. The highest BCUT2D eigenvalue weighted by Crippen LogP contribution is 2.21. The average molecular weight is 351 g/mol. The number of aromatic nitrogens is 3. The van der Waals surface area contributed by atoms with Crippen LogP contribution in [0.2, 0.25) is 0 Å². The molecule has 2 aromatic carbocycles. The van der Waals surface area contributed by atoms with E-state index in [9.17, 15) is 4.79 Å². The highest BCUT2D eigenvalue weighted by atomic mass is 16.1. The van der Waals surface area contributed by atoms with E-state index in [0.29, 0.717) is 11.9 Å². The smallest absolute Gasteiger partial charge is 0.261 e. The van der Waals surface area contributed by atoms with Gasteiger partial charge in [-0.15, -0.1) is 0 Å². The lowest BCUT2D eigenvalue weighted by atomic mass is 10.1. The Labute approximate surface area is 156 Å². The van der Waals surface area contributed by atoms with Crippen molar-refractivity contribution < 1.29 is 0 Å². The van der Waals surface area contributed by atoms with Gasteiger partial charge in [0.1, 0.15) is 0 Å². The van der Waals surface area contributed by atoms with E-state index in [1.54, 1.807) is 10.9 Å². The largest absolute Gasteiger partial charge is 0.323 e. The number of fused-ring (bicyclic) bond motifs is 2. The maximum absolute atomic E-state index is 12.6. The van der Waals surface area contributed by atoms with Crippen molar-refractivity contribution in [1.29, 1.82) is 0 Å². The molecular weight excluding hydrogens is 334 g/mol. The maximum atomic E-state index is 12.6. The molecule has 0 saturated carbocycles. The van der Waals surface area contributed by atoms with Crippen LogP contribution in [0.3, 0.4) is 0 Å². The van der Waals surface area contributed by atoms with Gasteiger partial charge >= 0.3 is 0 Å². The van der Waals surface area contributed by atoms with Crippen LogP contribution in [-0.2, 0) is 6.54 Å². The molecule has 4 nitrogen and oxygen atoms in total. The molecular formula is C23H17N3O. The lowest BCUT2D eigenvalue weighted by Gasteiger charge is -2.08. The van der Waals surface area contributed by atoms with Crippen LogP contribution in [0.1, 0.15) is 5.56 Å². The van der Waals surface area contributed by atoms with Crippen LogP contribution < -0.4 is 5.56 Å². The Morgan fingerprint density at radius 1 is 0.815 bits per heavy atom. The van der Waals surface area contributed by atoms with Crippen molar-refractivity contribution in [2.45, 2.75) is 6.54 Å². The van der Waals surface area contributed by atoms with Gasteiger partial charge in [-0.05, 0) is 47.0 Å². The molecule has 0 bridgehead atoms. The van der Waals surface area contributed by atoms with Crippen molar-refractivity contribution in [3.05, 3.63) is 107 Å². The summed E-state index contributed by atoms with van der Waals surface area (Å²) in [6.07, 6.45) is 5.80. The molecule has 0 saturated heterocycles. The molecule has 0 aliphatic rings. The molecule has 5 aromatic rings. The van der Waals surface area contributed by atoms with E-state index in [-0.39, 0.29) is 5.56 Å². The first-order chi connectivity index (χ1) is 13.3. The number of benzene rings is 2. The summed E-state index contributed by atoms with van der Waals surface area (Å²) < 4.78 is 3.77. The summed E-state index contributed by atoms with van der Waals surface area (Å²) >= 11 is 0. The monoisotopic (exact) mass is 351 g/mol. The molecule has 0 fully saturated rings. The standard InChI is InChI=1S/C23H17N3O/c27-23-21-5-1-2-6-22(21)24-16-26(23)14-17-7-9-18(10-8-17)19-11-12-20-4-3-13-25(20)15-19/h1-13,15-16H,14H2. The first-order valence-corrected chi connectivity index (χ1v) is 8.88. The zero-order chi connectivity index (χ0) is 18.2. The predicted molar refractivity (Wildman–Crippen MR) is 108 cm³/mol. The summed E-state index contributed by atoms with van der Waals surface area (Å²) in [4.78, 5) is 17.0. The summed E-state index contributed by atoms with van der Waals surface area (Å²) in [5.41, 5.74) is 5.28. The molecule has 0 N–H and O–H groups in total. The molecule has 0 atom stereocenters. The van der Waals surface area contributed by atoms with E-state index in [1.807, 2.05) is 36.5 Å². The quantitative estimate of drug-likeness (QED) is 0.484. The second-order valence-electron chi connectivity index (χ2n) is 6.65. The molecule has 0 unspecified atom stereocenters. The second-order valence-corrected chi connectivity index (χ2v) is 6.65. The van der Waals surface area contributed by atoms with Crippen LogP contribution in [0.25, 0.3) is 27.5 Å². The lowest BCUT2D eigenvalue weighted by molar-refractivity contribution is 0.748. The van der Waals surface area contributed by atoms with Gasteiger partial charge in [0, 0.05) is 17.9 Å². The Balaban J connectivity index is 1.45. The van der Waals surface area contributed by atoms with Gasteiger partial charge in [-0.3, -0.25) is 9.36 Å². The lowest BCUT2D eigenvalue weighted by Crippen LogP contribution is -2.21. The molecule has 27 heavy (non-hydrogen) atoms. The number of para-hydroxylation sites is 1. The van der Waals surface area contributed by atoms with Crippen LogP contribution >= 0.6 is 0 Å². The van der Waals surface area contributed by atoms with Crippen molar-refractivity contribution in [2.75, 3.05) is 0 Å². The summed E-state index contributed by atoms with van der Waals surface area (Å²) in [6.45, 7) is 0.508. The summed E-state index contributed by atoms with van der Waals surface area (Å²) in [5.74, 6) is 0. The third-order valence-corrected chi connectivity index (χ3v) is 4.90. The van der Waals surface area contributed by atoms with Crippen molar-refractivity contribution in [3.8, 4) is 11.1 Å². The van der Waals surface area contributed by atoms with E-state index in [4.69, 9.17) is 0 Å². The molecule has 0 radical (unpaired) electrons. The highest BCUT2D eigenvalue weighted by molar-refractivity contribution is 5.76. The fourth-order valence-electron chi connectivity index (χ4n) is 3.42. The number of hydrogen-bond donors (Lipinski definition) is 0. The van der Waals surface area contributed by atoms with E-state index in [1.165, 1.54) is 5.52 Å². The van der Waals surface area contributed by atoms with Crippen LogP contribution in [0.5, 0.6) is 0 Å². The van der Waals surface area contributed by atoms with Crippen LogP contribution in [0.15, 0.2) is 96.3 Å². The van der Waals surface area contributed by atoms with E-state index in [2.05, 4.69) is 58.0 Å². The Kier molecular flexibility index (Phi) is 3.61. The number of hydrogen-bond acceptors (Lipinski definition) is 2. The second kappa shape index (κ2) is 6.25. The zero-order valence-electron chi connectivity index (χ0n) is 14.6. The van der Waals surface area contributed by atoms with Crippen LogP contribution in [-0.4, -0.2) is 14.0 Å². The van der Waals surface area contributed by atoms with Gasteiger partial charge in [-0.25, -0.2) is 4.98 Å². The molecule has 3 aromatic heterocycles. The Morgan fingerprint density at radius 2 is 1.63 bits per heavy atom. The van der Waals surface area contributed by atoms with Gasteiger partial charge in [0.2, 0.25) is 0 Å². The molecule has 0 amide bonds. The fraction of sp³-hybridized carbons (Fsp3) is 0.0435. The van der Waals surface area contributed by atoms with Crippen LogP contribution in [0, 0.1) is 0 Å². The molecule has 130 valence electrons. The minimum absolute atomic E-state index is 0.0114. The average Bonchev–Trinajstić information content (AvgIpc) is 3.19. The van der Waals surface area contributed by atoms with Gasteiger partial charge in [0.15, 0.2) is 0 Å². The van der Waals surface area contributed by atoms with Gasteiger partial charge in [-0.2, -0.15) is 0 Å². The third-order valence-electron chi connectivity index (χ3n) is 4.90. The third kappa shape index (κ3) is 2.81. The summed E-state index contributed by atoms with van der Waals surface area (Å²) in [5, 5.41) is 0.650. The molecule has 3 heterocycles. The van der Waals surface area contributed by atoms with Crippen molar-refractivity contribution in [3.63, 3.8) is 0 Å². The van der Waals surface area contributed by atoms with Crippen molar-refractivity contribution in [2.24, 2.45) is 0 Å². The SMILES string of the molecule is O=c1c2ccccc2ncn1Cc1ccc(-c2ccc3cccn3c2)cc1. The van der Waals surface area contributed by atoms with Gasteiger partial charge in [0.05, 0.1) is 23.8 Å². The van der Waals surface area contributed by atoms with E-state index in [0.717, 1.165) is 22.2 Å². The van der Waals surface area contributed by atoms with Crippen molar-refractivity contribution >= 4 is 16.4 Å². The first kappa shape index (κ1) is 15.6. The topological polar surface area (TPSA) is 39.3 Å². The zero-order valence-corrected chi connectivity index (χ0v) is 14.6. The normalized spacial score (nSPS) is 11.3. The van der Waals surface area contributed by atoms with E-state index < -0.39 is 0 Å². The van der Waals surface area contributed by atoms with Crippen molar-refractivity contribution in [1.82, 2.24) is 14.0 Å². The van der Waals surface area contributed by atoms with E-state index >= 15 is 0 Å². The Morgan fingerprint density at radius 3 is 2.52 bits per heavy atom. The minimum atomic E-state index is -0.0114. The van der Waals surface area contributed by atoms with Gasteiger partial charge in [-0.1, -0.05) is 42.5 Å². The molecule has 5 rings (SSSR count). The predicted octanol–water partition coefficient (Wildman–Crippen LogP) is 4.36.